The first kappa shape index (κ1) is 13.7. The third kappa shape index (κ3) is 2.68. The molecule has 1 aromatic rings. The molecule has 4 nitrogen and oxygen atoms in total. The molecule has 0 aliphatic heterocycles. The number of carbonyl (C=O) groups excluding carboxylic acids is 2. The Labute approximate surface area is 112 Å². The van der Waals surface area contributed by atoms with Crippen LogP contribution >= 0.6 is 0 Å². The van der Waals surface area contributed by atoms with Crippen molar-refractivity contribution in [3.63, 3.8) is 0 Å². The lowest BCUT2D eigenvalue weighted by Gasteiger charge is -2.24. The SMILES string of the molecule is C[C@@H]1CC(=O)[C@@](C)(O)[C@H]1C(=O)OCc1ccccc1. The molecular weight excluding hydrogens is 244 g/mol. The average molecular weight is 262 g/mol. The van der Waals surface area contributed by atoms with Crippen LogP contribution in [0.4, 0.5) is 0 Å². The van der Waals surface area contributed by atoms with Crippen molar-refractivity contribution in [1.82, 2.24) is 0 Å². The van der Waals surface area contributed by atoms with Crippen LogP contribution < -0.4 is 0 Å². The van der Waals surface area contributed by atoms with E-state index >= 15 is 0 Å². The zero-order chi connectivity index (χ0) is 14.0. The van der Waals surface area contributed by atoms with Crippen molar-refractivity contribution in [2.24, 2.45) is 11.8 Å². The van der Waals surface area contributed by atoms with Gasteiger partial charge in [-0.3, -0.25) is 9.59 Å². The van der Waals surface area contributed by atoms with Crippen LogP contribution in [-0.4, -0.2) is 22.5 Å². The average Bonchev–Trinajstić information content (AvgIpc) is 2.57. The topological polar surface area (TPSA) is 63.6 Å². The molecule has 1 fully saturated rings. The predicted molar refractivity (Wildman–Crippen MR) is 69.1 cm³/mol. The summed E-state index contributed by atoms with van der Waals surface area (Å²) in [6.07, 6.45) is 0.220. The maximum atomic E-state index is 12.1. The summed E-state index contributed by atoms with van der Waals surface area (Å²) in [4.78, 5) is 23.7. The van der Waals surface area contributed by atoms with Gasteiger partial charge in [0.1, 0.15) is 12.2 Å². The second-order valence-corrected chi connectivity index (χ2v) is 5.32. The van der Waals surface area contributed by atoms with Crippen molar-refractivity contribution in [3.8, 4) is 0 Å². The Balaban J connectivity index is 2.02. The predicted octanol–water partition coefficient (Wildman–Crippen LogP) is 1.71. The molecule has 0 saturated heterocycles. The highest BCUT2D eigenvalue weighted by Crippen LogP contribution is 2.38. The van der Waals surface area contributed by atoms with Crippen molar-refractivity contribution in [2.45, 2.75) is 32.5 Å². The van der Waals surface area contributed by atoms with E-state index in [9.17, 15) is 14.7 Å². The van der Waals surface area contributed by atoms with Gasteiger partial charge in [0.05, 0.1) is 5.92 Å². The molecule has 0 unspecified atom stereocenters. The Morgan fingerprint density at radius 2 is 2.05 bits per heavy atom. The summed E-state index contributed by atoms with van der Waals surface area (Å²) in [5, 5.41) is 10.1. The standard InChI is InChI=1S/C15H18O4/c1-10-8-12(16)15(2,18)13(10)14(17)19-9-11-6-4-3-5-7-11/h3-7,10,13,18H,8-9H2,1-2H3/t10-,13-,15-/m1/s1. The number of hydrogen-bond donors (Lipinski definition) is 1. The van der Waals surface area contributed by atoms with Gasteiger partial charge in [-0.2, -0.15) is 0 Å². The molecule has 0 amide bonds. The summed E-state index contributed by atoms with van der Waals surface area (Å²) in [5.74, 6) is -1.76. The highest BCUT2D eigenvalue weighted by Gasteiger charge is 2.53. The van der Waals surface area contributed by atoms with Gasteiger partial charge >= 0.3 is 5.97 Å². The Kier molecular flexibility index (Phi) is 3.71. The third-order valence-electron chi connectivity index (χ3n) is 3.72. The molecule has 1 saturated carbocycles. The molecule has 19 heavy (non-hydrogen) atoms. The molecule has 0 radical (unpaired) electrons. The van der Waals surface area contributed by atoms with Crippen LogP contribution in [0.1, 0.15) is 25.8 Å². The van der Waals surface area contributed by atoms with Crippen LogP contribution in [0.15, 0.2) is 30.3 Å². The van der Waals surface area contributed by atoms with E-state index in [1.165, 1.54) is 6.92 Å². The Hall–Kier alpha value is -1.68. The van der Waals surface area contributed by atoms with Crippen LogP contribution in [0.5, 0.6) is 0 Å². The van der Waals surface area contributed by atoms with E-state index in [4.69, 9.17) is 4.74 Å². The smallest absolute Gasteiger partial charge is 0.312 e. The summed E-state index contributed by atoms with van der Waals surface area (Å²) in [5.41, 5.74) is -0.722. The molecule has 0 aromatic heterocycles. The number of aliphatic hydroxyl groups is 1. The number of benzene rings is 1. The summed E-state index contributed by atoms with van der Waals surface area (Å²) in [6.45, 7) is 3.34. The van der Waals surface area contributed by atoms with Gasteiger partial charge in [-0.1, -0.05) is 37.3 Å². The molecule has 2 rings (SSSR count). The van der Waals surface area contributed by atoms with Gasteiger partial charge < -0.3 is 9.84 Å². The van der Waals surface area contributed by atoms with Gasteiger partial charge in [-0.05, 0) is 18.4 Å². The molecule has 3 atom stereocenters. The molecule has 102 valence electrons. The maximum absolute atomic E-state index is 12.1. The van der Waals surface area contributed by atoms with E-state index < -0.39 is 17.5 Å². The number of esters is 1. The molecule has 1 N–H and O–H groups in total. The number of Topliss-reactive ketones (excluding diaryl/α,β-unsaturated/α-hetero) is 1. The fourth-order valence-corrected chi connectivity index (χ4v) is 2.62. The minimum atomic E-state index is -1.60. The van der Waals surface area contributed by atoms with Gasteiger partial charge in [-0.25, -0.2) is 0 Å². The van der Waals surface area contributed by atoms with E-state index in [0.717, 1.165) is 5.56 Å². The molecule has 0 bridgehead atoms. The lowest BCUT2D eigenvalue weighted by Crippen LogP contribution is -2.42. The van der Waals surface area contributed by atoms with Crippen molar-refractivity contribution in [3.05, 3.63) is 35.9 Å². The molecule has 4 heteroatoms. The van der Waals surface area contributed by atoms with Gasteiger partial charge in [0.25, 0.3) is 0 Å². The fraction of sp³-hybridized carbons (Fsp3) is 0.467. The Morgan fingerprint density at radius 3 is 2.58 bits per heavy atom. The lowest BCUT2D eigenvalue weighted by atomic mass is 9.88. The van der Waals surface area contributed by atoms with E-state index in [0.29, 0.717) is 0 Å². The number of ether oxygens (including phenoxy) is 1. The lowest BCUT2D eigenvalue weighted by molar-refractivity contribution is -0.162. The highest BCUT2D eigenvalue weighted by atomic mass is 16.5. The zero-order valence-corrected chi connectivity index (χ0v) is 11.1. The van der Waals surface area contributed by atoms with Crippen LogP contribution in [0, 0.1) is 11.8 Å². The van der Waals surface area contributed by atoms with Crippen molar-refractivity contribution < 1.29 is 19.4 Å². The minimum Gasteiger partial charge on any atom is -0.460 e. The van der Waals surface area contributed by atoms with Crippen molar-refractivity contribution >= 4 is 11.8 Å². The van der Waals surface area contributed by atoms with Crippen LogP contribution in [0.2, 0.25) is 0 Å². The Morgan fingerprint density at radius 1 is 1.42 bits per heavy atom. The quantitative estimate of drug-likeness (QED) is 0.842. The van der Waals surface area contributed by atoms with Crippen molar-refractivity contribution in [1.29, 1.82) is 0 Å². The largest absolute Gasteiger partial charge is 0.460 e. The summed E-state index contributed by atoms with van der Waals surface area (Å²) < 4.78 is 5.22. The molecule has 1 aromatic carbocycles. The first-order valence-corrected chi connectivity index (χ1v) is 6.39. The zero-order valence-electron chi connectivity index (χ0n) is 11.1. The summed E-state index contributed by atoms with van der Waals surface area (Å²) >= 11 is 0. The van der Waals surface area contributed by atoms with Crippen molar-refractivity contribution in [2.75, 3.05) is 0 Å². The number of hydrogen-bond acceptors (Lipinski definition) is 4. The van der Waals surface area contributed by atoms with Crippen LogP contribution in [-0.2, 0) is 20.9 Å². The van der Waals surface area contributed by atoms with Gasteiger partial charge in [-0.15, -0.1) is 0 Å². The molecule has 0 heterocycles. The number of carbonyl (C=O) groups is 2. The fourth-order valence-electron chi connectivity index (χ4n) is 2.62. The second kappa shape index (κ2) is 5.13. The monoisotopic (exact) mass is 262 g/mol. The van der Waals surface area contributed by atoms with E-state index in [1.807, 2.05) is 30.3 Å². The van der Waals surface area contributed by atoms with E-state index in [1.54, 1.807) is 6.92 Å². The summed E-state index contributed by atoms with van der Waals surface area (Å²) in [6, 6.07) is 9.32. The highest BCUT2D eigenvalue weighted by molar-refractivity contribution is 5.95. The molecular formula is C15H18O4. The van der Waals surface area contributed by atoms with Gasteiger partial charge in [0.15, 0.2) is 5.78 Å². The molecule has 1 aliphatic carbocycles. The first-order chi connectivity index (χ1) is 8.93. The van der Waals surface area contributed by atoms with Crippen LogP contribution in [0.25, 0.3) is 0 Å². The van der Waals surface area contributed by atoms with E-state index in [2.05, 4.69) is 0 Å². The van der Waals surface area contributed by atoms with Crippen LogP contribution in [0.3, 0.4) is 0 Å². The normalized spacial score (nSPS) is 30.4. The first-order valence-electron chi connectivity index (χ1n) is 6.39. The summed E-state index contributed by atoms with van der Waals surface area (Å²) in [7, 11) is 0. The molecule has 0 spiro atoms. The second-order valence-electron chi connectivity index (χ2n) is 5.32. The number of rotatable bonds is 3. The number of ketones is 1. The minimum absolute atomic E-state index is 0.160. The van der Waals surface area contributed by atoms with Gasteiger partial charge in [0.2, 0.25) is 0 Å². The Bertz CT molecular complexity index is 478. The van der Waals surface area contributed by atoms with Gasteiger partial charge in [0, 0.05) is 6.42 Å². The molecule has 1 aliphatic rings. The maximum Gasteiger partial charge on any atom is 0.312 e. The van der Waals surface area contributed by atoms with E-state index in [-0.39, 0.29) is 24.7 Å². The third-order valence-corrected chi connectivity index (χ3v) is 3.72.